The van der Waals surface area contributed by atoms with E-state index in [1.54, 1.807) is 6.92 Å². The molecule has 0 aliphatic heterocycles. The summed E-state index contributed by atoms with van der Waals surface area (Å²) in [6.45, 7) is 1.76. The Bertz CT molecular complexity index is 247. The van der Waals surface area contributed by atoms with E-state index in [9.17, 15) is 14.7 Å². The predicted molar refractivity (Wildman–Crippen MR) is 58.4 cm³/mol. The van der Waals surface area contributed by atoms with E-state index >= 15 is 0 Å². The summed E-state index contributed by atoms with van der Waals surface area (Å²) in [4.78, 5) is 21.9. The van der Waals surface area contributed by atoms with Gasteiger partial charge in [-0.2, -0.15) is 0 Å². The first-order valence-electron chi connectivity index (χ1n) is 6.07. The number of aliphatic carboxylic acids is 1. The summed E-state index contributed by atoms with van der Waals surface area (Å²) in [5.74, 6) is -1.26. The lowest BCUT2D eigenvalue weighted by Gasteiger charge is -2.23. The van der Waals surface area contributed by atoms with Gasteiger partial charge in [0.25, 0.3) is 0 Å². The molecule has 1 amide bonds. The van der Waals surface area contributed by atoms with E-state index in [-0.39, 0.29) is 24.7 Å². The topological polar surface area (TPSA) is 69.2 Å². The summed E-state index contributed by atoms with van der Waals surface area (Å²) < 4.78 is 0. The normalized spacial score (nSPS) is 19.1. The van der Waals surface area contributed by atoms with Crippen molar-refractivity contribution in [3.63, 3.8) is 0 Å². The van der Waals surface area contributed by atoms with Crippen LogP contribution in [0.2, 0.25) is 0 Å². The third-order valence-corrected chi connectivity index (χ3v) is 3.02. The van der Waals surface area contributed by atoms with Crippen LogP contribution in [0.15, 0.2) is 0 Å². The van der Waals surface area contributed by atoms with Gasteiger partial charge in [0.15, 0.2) is 0 Å². The quantitative estimate of drug-likeness (QED) is 0.746. The fourth-order valence-corrected chi connectivity index (χ4v) is 2.21. The first kappa shape index (κ1) is 13.0. The van der Waals surface area contributed by atoms with Crippen molar-refractivity contribution < 1.29 is 14.7 Å². The Kier molecular flexibility index (Phi) is 5.29. The van der Waals surface area contributed by atoms with Gasteiger partial charge < -0.3 is 15.2 Å². The predicted octanol–water partition coefficient (Wildman–Crippen LogP) is 0.601. The number of amides is 1. The molecule has 4 heteroatoms. The Hall–Kier alpha value is -1.06. The summed E-state index contributed by atoms with van der Waals surface area (Å²) in [6, 6.07) is 0.302. The number of hydrogen-bond donors (Lipinski definition) is 1. The molecule has 1 aliphatic rings. The lowest BCUT2D eigenvalue weighted by atomic mass is 9.95. The molecule has 0 saturated heterocycles. The van der Waals surface area contributed by atoms with Crippen LogP contribution in [0.3, 0.4) is 0 Å². The van der Waals surface area contributed by atoms with Crippen molar-refractivity contribution in [1.82, 2.24) is 5.32 Å². The highest BCUT2D eigenvalue weighted by atomic mass is 16.4. The molecule has 1 N–H and O–H groups in total. The van der Waals surface area contributed by atoms with Gasteiger partial charge >= 0.3 is 0 Å². The first-order chi connectivity index (χ1) is 7.58. The van der Waals surface area contributed by atoms with E-state index in [0.717, 1.165) is 12.8 Å². The number of carbonyl (C=O) groups excluding carboxylic acids is 2. The van der Waals surface area contributed by atoms with Gasteiger partial charge in [0.2, 0.25) is 5.91 Å². The van der Waals surface area contributed by atoms with Gasteiger partial charge in [0, 0.05) is 18.4 Å². The largest absolute Gasteiger partial charge is 0.550 e. The number of carbonyl (C=O) groups is 2. The van der Waals surface area contributed by atoms with E-state index in [1.165, 1.54) is 19.3 Å². The van der Waals surface area contributed by atoms with Gasteiger partial charge in [-0.1, -0.05) is 26.2 Å². The SMILES string of the molecule is C[C@@H](CC(=O)[O-])CC(=O)NC1CCCCC1. The molecule has 1 rings (SSSR count). The number of hydrogen-bond acceptors (Lipinski definition) is 3. The number of rotatable bonds is 5. The highest BCUT2D eigenvalue weighted by molar-refractivity contribution is 5.77. The minimum atomic E-state index is -1.09. The fraction of sp³-hybridized carbons (Fsp3) is 0.833. The molecule has 0 radical (unpaired) electrons. The Balaban J connectivity index is 2.21. The molecule has 0 heterocycles. The van der Waals surface area contributed by atoms with Crippen molar-refractivity contribution >= 4 is 11.9 Å². The monoisotopic (exact) mass is 226 g/mol. The van der Waals surface area contributed by atoms with Crippen molar-refractivity contribution in [2.24, 2.45) is 5.92 Å². The average Bonchev–Trinajstić information content (AvgIpc) is 2.17. The maximum atomic E-state index is 11.6. The highest BCUT2D eigenvalue weighted by Crippen LogP contribution is 2.17. The number of carboxylic acid groups (broad SMARTS) is 1. The van der Waals surface area contributed by atoms with E-state index < -0.39 is 5.97 Å². The summed E-state index contributed by atoms with van der Waals surface area (Å²) >= 11 is 0. The Labute approximate surface area is 96.4 Å². The molecule has 1 fully saturated rings. The van der Waals surface area contributed by atoms with Crippen molar-refractivity contribution in [1.29, 1.82) is 0 Å². The second kappa shape index (κ2) is 6.51. The zero-order chi connectivity index (χ0) is 12.0. The molecule has 1 saturated carbocycles. The van der Waals surface area contributed by atoms with Crippen molar-refractivity contribution in [2.75, 3.05) is 0 Å². The molecular formula is C12H20NO3-. The maximum Gasteiger partial charge on any atom is 0.220 e. The van der Waals surface area contributed by atoms with Gasteiger partial charge in [-0.05, 0) is 25.2 Å². The van der Waals surface area contributed by atoms with Gasteiger partial charge in [-0.3, -0.25) is 4.79 Å². The van der Waals surface area contributed by atoms with E-state index in [2.05, 4.69) is 5.32 Å². The third-order valence-electron chi connectivity index (χ3n) is 3.02. The van der Waals surface area contributed by atoms with Crippen LogP contribution in [0, 0.1) is 5.92 Å². The van der Waals surface area contributed by atoms with E-state index in [0.29, 0.717) is 6.04 Å². The molecule has 0 aromatic rings. The molecule has 16 heavy (non-hydrogen) atoms. The lowest BCUT2D eigenvalue weighted by molar-refractivity contribution is -0.306. The molecule has 0 aromatic heterocycles. The molecule has 0 aromatic carbocycles. The molecule has 4 nitrogen and oxygen atoms in total. The maximum absolute atomic E-state index is 11.6. The van der Waals surface area contributed by atoms with Gasteiger partial charge in [-0.15, -0.1) is 0 Å². The summed E-state index contributed by atoms with van der Waals surface area (Å²) in [5, 5.41) is 13.3. The lowest BCUT2D eigenvalue weighted by Crippen LogP contribution is -2.37. The second-order valence-electron chi connectivity index (χ2n) is 4.79. The zero-order valence-electron chi connectivity index (χ0n) is 9.83. The minimum absolute atomic E-state index is 0.0272. The van der Waals surface area contributed by atoms with Crippen LogP contribution >= 0.6 is 0 Å². The van der Waals surface area contributed by atoms with E-state index in [4.69, 9.17) is 0 Å². The van der Waals surface area contributed by atoms with Crippen LogP contribution in [0.5, 0.6) is 0 Å². The van der Waals surface area contributed by atoms with Crippen LogP contribution in [0.1, 0.15) is 51.9 Å². The Morgan fingerprint density at radius 3 is 2.44 bits per heavy atom. The molecule has 0 unspecified atom stereocenters. The van der Waals surface area contributed by atoms with Crippen LogP contribution in [0.25, 0.3) is 0 Å². The van der Waals surface area contributed by atoms with Crippen molar-refractivity contribution in [2.45, 2.75) is 57.9 Å². The van der Waals surface area contributed by atoms with Crippen LogP contribution in [-0.4, -0.2) is 17.9 Å². The molecular weight excluding hydrogens is 206 g/mol. The average molecular weight is 226 g/mol. The fourth-order valence-electron chi connectivity index (χ4n) is 2.21. The van der Waals surface area contributed by atoms with Gasteiger partial charge in [0.1, 0.15) is 0 Å². The third kappa shape index (κ3) is 5.14. The summed E-state index contributed by atoms with van der Waals surface area (Å²) in [7, 11) is 0. The standard InChI is InChI=1S/C12H21NO3/c1-9(8-12(15)16)7-11(14)13-10-5-3-2-4-6-10/h9-10H,2-8H2,1H3,(H,13,14)(H,15,16)/p-1/t9-/m1/s1. The molecule has 0 spiro atoms. The van der Waals surface area contributed by atoms with Crippen molar-refractivity contribution in [3.8, 4) is 0 Å². The second-order valence-corrected chi connectivity index (χ2v) is 4.79. The minimum Gasteiger partial charge on any atom is -0.550 e. The first-order valence-corrected chi connectivity index (χ1v) is 6.07. The summed E-state index contributed by atoms with van der Waals surface area (Å²) in [5.41, 5.74) is 0. The molecule has 1 aliphatic carbocycles. The van der Waals surface area contributed by atoms with Crippen LogP contribution in [-0.2, 0) is 9.59 Å². The molecule has 0 bridgehead atoms. The van der Waals surface area contributed by atoms with Crippen LogP contribution in [0.4, 0.5) is 0 Å². The smallest absolute Gasteiger partial charge is 0.220 e. The Morgan fingerprint density at radius 1 is 1.25 bits per heavy atom. The molecule has 92 valence electrons. The highest BCUT2D eigenvalue weighted by Gasteiger charge is 2.17. The van der Waals surface area contributed by atoms with Gasteiger partial charge in [-0.25, -0.2) is 0 Å². The number of nitrogens with one attached hydrogen (secondary N) is 1. The summed E-state index contributed by atoms with van der Waals surface area (Å²) in [6.07, 6.45) is 5.97. The van der Waals surface area contributed by atoms with Gasteiger partial charge in [0.05, 0.1) is 0 Å². The zero-order valence-corrected chi connectivity index (χ0v) is 9.83. The van der Waals surface area contributed by atoms with Crippen molar-refractivity contribution in [3.05, 3.63) is 0 Å². The Morgan fingerprint density at radius 2 is 1.88 bits per heavy atom. The molecule has 1 atom stereocenters. The van der Waals surface area contributed by atoms with Crippen LogP contribution < -0.4 is 10.4 Å². The van der Waals surface area contributed by atoms with E-state index in [1.807, 2.05) is 0 Å². The number of carboxylic acids is 1.